The Hall–Kier alpha value is -3.26. The average molecular weight is 423 g/mol. The van der Waals surface area contributed by atoms with Gasteiger partial charge in [-0.15, -0.1) is 21.5 Å². The van der Waals surface area contributed by atoms with Crippen LogP contribution in [0.25, 0.3) is 10.6 Å². The summed E-state index contributed by atoms with van der Waals surface area (Å²) in [5, 5.41) is 13.6. The van der Waals surface area contributed by atoms with Crippen LogP contribution >= 0.6 is 11.3 Å². The van der Waals surface area contributed by atoms with Gasteiger partial charge in [0.1, 0.15) is 5.69 Å². The summed E-state index contributed by atoms with van der Waals surface area (Å²) >= 11 is 1.63. The zero-order valence-corrected chi connectivity index (χ0v) is 17.4. The third kappa shape index (κ3) is 4.33. The van der Waals surface area contributed by atoms with Crippen molar-refractivity contribution in [1.82, 2.24) is 10.2 Å². The van der Waals surface area contributed by atoms with Crippen molar-refractivity contribution in [2.24, 2.45) is 5.92 Å². The molecule has 3 heterocycles. The van der Waals surface area contributed by atoms with Crippen LogP contribution in [0.2, 0.25) is 0 Å². The van der Waals surface area contributed by atoms with Crippen LogP contribution in [0, 0.1) is 5.92 Å². The lowest BCUT2D eigenvalue weighted by Crippen LogP contribution is -2.41. The number of ether oxygens (including phenoxy) is 1. The third-order valence-corrected chi connectivity index (χ3v) is 6.02. The number of para-hydroxylation sites is 1. The molecule has 0 spiro atoms. The van der Waals surface area contributed by atoms with Crippen LogP contribution in [-0.4, -0.2) is 42.3 Å². The highest BCUT2D eigenvalue weighted by Crippen LogP contribution is 2.26. The first-order valence-electron chi connectivity index (χ1n) is 9.76. The number of carbonyl (C=O) groups excluding carboxylic acids is 2. The summed E-state index contributed by atoms with van der Waals surface area (Å²) < 4.78 is 4.80. The number of esters is 1. The molecule has 1 fully saturated rings. The van der Waals surface area contributed by atoms with Crippen LogP contribution in [0.4, 0.5) is 11.5 Å². The van der Waals surface area contributed by atoms with Crippen molar-refractivity contribution in [3.05, 3.63) is 59.5 Å². The predicted molar refractivity (Wildman–Crippen MR) is 117 cm³/mol. The minimum Gasteiger partial charge on any atom is -0.465 e. The van der Waals surface area contributed by atoms with Crippen LogP contribution in [0.5, 0.6) is 0 Å². The highest BCUT2D eigenvalue weighted by atomic mass is 32.1. The fourth-order valence-electron chi connectivity index (χ4n) is 3.56. The van der Waals surface area contributed by atoms with E-state index in [0.29, 0.717) is 17.8 Å². The number of anilines is 2. The summed E-state index contributed by atoms with van der Waals surface area (Å²) in [6.45, 7) is 1.38. The number of nitrogens with one attached hydrogen (secondary N) is 1. The Morgan fingerprint density at radius 3 is 2.73 bits per heavy atom. The molecule has 0 aliphatic carbocycles. The van der Waals surface area contributed by atoms with Gasteiger partial charge >= 0.3 is 5.97 Å². The molecule has 154 valence electrons. The lowest BCUT2D eigenvalue weighted by Gasteiger charge is -2.32. The molecule has 1 amide bonds. The Bertz CT molecular complexity index is 1020. The Labute approximate surface area is 178 Å². The van der Waals surface area contributed by atoms with Gasteiger partial charge in [-0.3, -0.25) is 4.79 Å². The number of carbonyl (C=O) groups is 2. The SMILES string of the molecule is COC(=O)c1ccccc1NC(=O)C1CCCN(c2ccc(-c3cccs3)nn2)C1. The normalized spacial score (nSPS) is 16.2. The lowest BCUT2D eigenvalue weighted by molar-refractivity contribution is -0.120. The van der Waals surface area contributed by atoms with Gasteiger partial charge in [0.25, 0.3) is 0 Å². The molecule has 7 nitrogen and oxygen atoms in total. The molecule has 8 heteroatoms. The molecule has 3 aromatic rings. The van der Waals surface area contributed by atoms with E-state index in [1.165, 1.54) is 7.11 Å². The maximum absolute atomic E-state index is 12.9. The quantitative estimate of drug-likeness (QED) is 0.629. The number of rotatable bonds is 5. The monoisotopic (exact) mass is 422 g/mol. The first-order valence-corrected chi connectivity index (χ1v) is 10.6. The van der Waals surface area contributed by atoms with Crippen LogP contribution in [-0.2, 0) is 9.53 Å². The first-order chi connectivity index (χ1) is 14.7. The van der Waals surface area contributed by atoms with Crippen LogP contribution in [0.1, 0.15) is 23.2 Å². The topological polar surface area (TPSA) is 84.4 Å². The molecule has 1 unspecified atom stereocenters. The number of hydrogen-bond donors (Lipinski definition) is 1. The number of aromatic nitrogens is 2. The second-order valence-electron chi connectivity index (χ2n) is 7.07. The molecule has 1 aromatic carbocycles. The summed E-state index contributed by atoms with van der Waals surface area (Å²) in [4.78, 5) is 28.0. The Balaban J connectivity index is 1.44. The summed E-state index contributed by atoms with van der Waals surface area (Å²) in [6.07, 6.45) is 1.66. The number of benzene rings is 1. The summed E-state index contributed by atoms with van der Waals surface area (Å²) in [5.74, 6) is -0.0255. The van der Waals surface area contributed by atoms with Gasteiger partial charge in [0.15, 0.2) is 5.82 Å². The van der Waals surface area contributed by atoms with Gasteiger partial charge < -0.3 is 15.0 Å². The van der Waals surface area contributed by atoms with E-state index in [1.807, 2.05) is 29.6 Å². The van der Waals surface area contributed by atoms with Gasteiger partial charge in [-0.25, -0.2) is 4.79 Å². The highest BCUT2D eigenvalue weighted by molar-refractivity contribution is 7.13. The highest BCUT2D eigenvalue weighted by Gasteiger charge is 2.27. The molecule has 1 N–H and O–H groups in total. The van der Waals surface area contributed by atoms with Gasteiger partial charge in [0.2, 0.25) is 5.91 Å². The van der Waals surface area contributed by atoms with Gasteiger partial charge in [0.05, 0.1) is 29.2 Å². The Morgan fingerprint density at radius 2 is 2.00 bits per heavy atom. The second kappa shape index (κ2) is 9.04. The Kier molecular flexibility index (Phi) is 6.04. The largest absolute Gasteiger partial charge is 0.465 e. The van der Waals surface area contributed by atoms with E-state index in [4.69, 9.17) is 4.74 Å². The minimum atomic E-state index is -0.475. The van der Waals surface area contributed by atoms with Crippen molar-refractivity contribution in [3.63, 3.8) is 0 Å². The second-order valence-corrected chi connectivity index (χ2v) is 8.01. The van der Waals surface area contributed by atoms with E-state index >= 15 is 0 Å². The van der Waals surface area contributed by atoms with Crippen LogP contribution < -0.4 is 10.2 Å². The van der Waals surface area contributed by atoms with E-state index in [1.54, 1.807) is 35.6 Å². The molecule has 0 bridgehead atoms. The van der Waals surface area contributed by atoms with Gasteiger partial charge in [0, 0.05) is 13.1 Å². The zero-order valence-electron chi connectivity index (χ0n) is 16.6. The van der Waals surface area contributed by atoms with E-state index in [-0.39, 0.29) is 11.8 Å². The summed E-state index contributed by atoms with van der Waals surface area (Å²) in [7, 11) is 1.32. The van der Waals surface area contributed by atoms with Gasteiger partial charge in [-0.2, -0.15) is 0 Å². The number of methoxy groups -OCH3 is 1. The molecule has 1 saturated heterocycles. The number of piperidine rings is 1. The third-order valence-electron chi connectivity index (χ3n) is 5.13. The summed E-state index contributed by atoms with van der Waals surface area (Å²) in [6, 6.07) is 14.8. The van der Waals surface area contributed by atoms with Crippen LogP contribution in [0.3, 0.4) is 0 Å². The maximum atomic E-state index is 12.9. The fourth-order valence-corrected chi connectivity index (χ4v) is 4.25. The number of thiophene rings is 1. The van der Waals surface area contributed by atoms with E-state index in [2.05, 4.69) is 20.4 Å². The van der Waals surface area contributed by atoms with E-state index in [9.17, 15) is 9.59 Å². The van der Waals surface area contributed by atoms with Crippen molar-refractivity contribution < 1.29 is 14.3 Å². The van der Waals surface area contributed by atoms with E-state index in [0.717, 1.165) is 35.8 Å². The predicted octanol–water partition coefficient (Wildman–Crippen LogP) is 3.85. The number of hydrogen-bond acceptors (Lipinski definition) is 7. The smallest absolute Gasteiger partial charge is 0.339 e. The molecule has 1 aliphatic heterocycles. The molecular formula is C22H22N4O3S. The first kappa shape index (κ1) is 20.0. The average Bonchev–Trinajstić information content (AvgIpc) is 3.34. The molecule has 0 saturated carbocycles. The van der Waals surface area contributed by atoms with Crippen molar-refractivity contribution in [3.8, 4) is 10.6 Å². The lowest BCUT2D eigenvalue weighted by atomic mass is 9.96. The van der Waals surface area contributed by atoms with E-state index < -0.39 is 5.97 Å². The minimum absolute atomic E-state index is 0.112. The molecule has 30 heavy (non-hydrogen) atoms. The van der Waals surface area contributed by atoms with Crippen molar-refractivity contribution in [1.29, 1.82) is 0 Å². The number of nitrogens with zero attached hydrogens (tertiary/aromatic N) is 3. The van der Waals surface area contributed by atoms with Gasteiger partial charge in [-0.05, 0) is 48.6 Å². The molecule has 4 rings (SSSR count). The standard InChI is InChI=1S/C22H22N4O3S/c1-29-22(28)16-7-2-3-8-17(16)23-21(27)15-6-4-12-26(14-15)20-11-10-18(24-25-20)19-9-5-13-30-19/h2-3,5,7-11,13,15H,4,6,12,14H2,1H3,(H,23,27). The number of amides is 1. The zero-order chi connectivity index (χ0) is 20.9. The Morgan fingerprint density at radius 1 is 1.13 bits per heavy atom. The molecule has 0 radical (unpaired) electrons. The van der Waals surface area contributed by atoms with Crippen molar-refractivity contribution >= 4 is 34.7 Å². The summed E-state index contributed by atoms with van der Waals surface area (Å²) in [5.41, 5.74) is 1.65. The molecule has 1 aliphatic rings. The van der Waals surface area contributed by atoms with Crippen molar-refractivity contribution in [2.75, 3.05) is 30.4 Å². The maximum Gasteiger partial charge on any atom is 0.339 e. The fraction of sp³-hybridized carbons (Fsp3) is 0.273. The molecule has 2 aromatic heterocycles. The van der Waals surface area contributed by atoms with Crippen molar-refractivity contribution in [2.45, 2.75) is 12.8 Å². The van der Waals surface area contributed by atoms with Crippen LogP contribution in [0.15, 0.2) is 53.9 Å². The molecule has 1 atom stereocenters. The van der Waals surface area contributed by atoms with Gasteiger partial charge in [-0.1, -0.05) is 18.2 Å². The molecular weight excluding hydrogens is 400 g/mol.